The standard InChI is InChI=1S/C13H19N5/c14-10-6-8-18(9-10)12-5-7-15-13(17-12)16-11-3-1-2-4-11/h3,5,7,10H,1-2,4,6,8-9,14H2,(H,15,16,17)/t10-/m1/s1. The third-order valence-electron chi connectivity index (χ3n) is 3.50. The van der Waals surface area contributed by atoms with Crippen molar-refractivity contribution in [2.75, 3.05) is 23.3 Å². The highest BCUT2D eigenvalue weighted by molar-refractivity contribution is 5.46. The summed E-state index contributed by atoms with van der Waals surface area (Å²) in [5, 5.41) is 3.30. The number of nitrogens with one attached hydrogen (secondary N) is 1. The van der Waals surface area contributed by atoms with Gasteiger partial charge in [0, 0.05) is 31.0 Å². The molecule has 0 bridgehead atoms. The van der Waals surface area contributed by atoms with Crippen LogP contribution < -0.4 is 16.0 Å². The van der Waals surface area contributed by atoms with Crippen LogP contribution in [0.5, 0.6) is 0 Å². The Labute approximate surface area is 107 Å². The van der Waals surface area contributed by atoms with Crippen LogP contribution >= 0.6 is 0 Å². The number of rotatable bonds is 3. The lowest BCUT2D eigenvalue weighted by Crippen LogP contribution is -2.27. The molecule has 1 aromatic heterocycles. The fraction of sp³-hybridized carbons (Fsp3) is 0.538. The van der Waals surface area contributed by atoms with Crippen molar-refractivity contribution in [1.29, 1.82) is 0 Å². The predicted molar refractivity (Wildman–Crippen MR) is 72.4 cm³/mol. The van der Waals surface area contributed by atoms with Crippen molar-refractivity contribution in [3.8, 4) is 0 Å². The lowest BCUT2D eigenvalue weighted by atomic mass is 10.3. The summed E-state index contributed by atoms with van der Waals surface area (Å²) < 4.78 is 0. The van der Waals surface area contributed by atoms with E-state index >= 15 is 0 Å². The highest BCUT2D eigenvalue weighted by Crippen LogP contribution is 2.21. The molecule has 0 unspecified atom stereocenters. The first-order valence-electron chi connectivity index (χ1n) is 6.61. The second kappa shape index (κ2) is 4.94. The van der Waals surface area contributed by atoms with Crippen molar-refractivity contribution in [3.63, 3.8) is 0 Å². The van der Waals surface area contributed by atoms with E-state index in [1.54, 1.807) is 0 Å². The molecule has 1 saturated heterocycles. The van der Waals surface area contributed by atoms with Crippen molar-refractivity contribution in [2.24, 2.45) is 5.73 Å². The smallest absolute Gasteiger partial charge is 0.228 e. The van der Waals surface area contributed by atoms with Crippen LogP contribution in [0.2, 0.25) is 0 Å². The normalized spacial score (nSPS) is 23.3. The van der Waals surface area contributed by atoms with Gasteiger partial charge in [0.1, 0.15) is 5.82 Å². The summed E-state index contributed by atoms with van der Waals surface area (Å²) in [4.78, 5) is 11.1. The van der Waals surface area contributed by atoms with E-state index in [1.807, 2.05) is 12.3 Å². The molecular formula is C13H19N5. The number of hydrogen-bond acceptors (Lipinski definition) is 5. The van der Waals surface area contributed by atoms with E-state index < -0.39 is 0 Å². The van der Waals surface area contributed by atoms with E-state index in [1.165, 1.54) is 12.1 Å². The summed E-state index contributed by atoms with van der Waals surface area (Å²) in [6, 6.07) is 2.22. The van der Waals surface area contributed by atoms with E-state index in [9.17, 15) is 0 Å². The minimum Gasteiger partial charge on any atom is -0.355 e. The largest absolute Gasteiger partial charge is 0.355 e. The molecule has 1 fully saturated rings. The van der Waals surface area contributed by atoms with Crippen LogP contribution in [0.3, 0.4) is 0 Å². The van der Waals surface area contributed by atoms with Crippen molar-refractivity contribution in [2.45, 2.75) is 31.7 Å². The first-order chi connectivity index (χ1) is 8.81. The Balaban J connectivity index is 1.72. The van der Waals surface area contributed by atoms with Gasteiger partial charge in [-0.1, -0.05) is 6.08 Å². The van der Waals surface area contributed by atoms with Crippen molar-refractivity contribution in [3.05, 3.63) is 24.0 Å². The maximum Gasteiger partial charge on any atom is 0.228 e. The summed E-state index contributed by atoms with van der Waals surface area (Å²) >= 11 is 0. The zero-order valence-corrected chi connectivity index (χ0v) is 10.5. The summed E-state index contributed by atoms with van der Waals surface area (Å²) in [5.41, 5.74) is 7.16. The third-order valence-corrected chi connectivity index (χ3v) is 3.50. The zero-order chi connectivity index (χ0) is 12.4. The van der Waals surface area contributed by atoms with Gasteiger partial charge in [0.2, 0.25) is 5.95 Å². The van der Waals surface area contributed by atoms with E-state index in [-0.39, 0.29) is 6.04 Å². The van der Waals surface area contributed by atoms with Crippen LogP contribution in [0.1, 0.15) is 25.7 Å². The van der Waals surface area contributed by atoms with Gasteiger partial charge in [0.25, 0.3) is 0 Å². The molecule has 2 heterocycles. The fourth-order valence-electron chi connectivity index (χ4n) is 2.51. The Kier molecular flexibility index (Phi) is 3.15. The van der Waals surface area contributed by atoms with Crippen LogP contribution in [0.4, 0.5) is 11.8 Å². The van der Waals surface area contributed by atoms with Gasteiger partial charge in [0.15, 0.2) is 0 Å². The van der Waals surface area contributed by atoms with Gasteiger partial charge in [-0.15, -0.1) is 0 Å². The molecule has 1 aliphatic carbocycles. The molecule has 0 radical (unpaired) electrons. The second-order valence-electron chi connectivity index (χ2n) is 4.98. The van der Waals surface area contributed by atoms with Crippen LogP contribution in [0, 0.1) is 0 Å². The minimum atomic E-state index is 0.272. The fourth-order valence-corrected chi connectivity index (χ4v) is 2.51. The highest BCUT2D eigenvalue weighted by atomic mass is 15.2. The second-order valence-corrected chi connectivity index (χ2v) is 4.98. The van der Waals surface area contributed by atoms with E-state index in [0.717, 1.165) is 38.2 Å². The van der Waals surface area contributed by atoms with Gasteiger partial charge < -0.3 is 16.0 Å². The van der Waals surface area contributed by atoms with Gasteiger partial charge in [-0.3, -0.25) is 0 Å². The average molecular weight is 245 g/mol. The van der Waals surface area contributed by atoms with E-state index in [0.29, 0.717) is 5.95 Å². The number of aromatic nitrogens is 2. The lowest BCUT2D eigenvalue weighted by Gasteiger charge is -2.17. The maximum atomic E-state index is 5.92. The molecule has 3 N–H and O–H groups in total. The number of anilines is 2. The van der Waals surface area contributed by atoms with Crippen molar-refractivity contribution < 1.29 is 0 Å². The molecule has 1 atom stereocenters. The van der Waals surface area contributed by atoms with Gasteiger partial charge in [-0.2, -0.15) is 4.98 Å². The molecule has 0 amide bonds. The molecule has 5 nitrogen and oxygen atoms in total. The van der Waals surface area contributed by atoms with Crippen LogP contribution in [-0.2, 0) is 0 Å². The van der Waals surface area contributed by atoms with Crippen LogP contribution in [0.15, 0.2) is 24.0 Å². The molecule has 1 aliphatic heterocycles. The molecule has 0 aromatic carbocycles. The lowest BCUT2D eigenvalue weighted by molar-refractivity contribution is 0.751. The summed E-state index contributed by atoms with van der Waals surface area (Å²) in [6.07, 6.45) is 8.55. The van der Waals surface area contributed by atoms with E-state index in [4.69, 9.17) is 5.73 Å². The first-order valence-corrected chi connectivity index (χ1v) is 6.61. The summed E-state index contributed by atoms with van der Waals surface area (Å²) in [5.74, 6) is 1.67. The number of allylic oxidation sites excluding steroid dienone is 2. The average Bonchev–Trinajstić information content (AvgIpc) is 3.01. The van der Waals surface area contributed by atoms with E-state index in [2.05, 4.69) is 26.3 Å². The topological polar surface area (TPSA) is 67.1 Å². The molecule has 96 valence electrons. The third kappa shape index (κ3) is 2.46. The molecule has 0 spiro atoms. The Morgan fingerprint density at radius 2 is 2.39 bits per heavy atom. The summed E-state index contributed by atoms with van der Waals surface area (Å²) in [7, 11) is 0. The number of hydrogen-bond donors (Lipinski definition) is 2. The summed E-state index contributed by atoms with van der Waals surface area (Å²) in [6.45, 7) is 1.87. The molecule has 5 heteroatoms. The van der Waals surface area contributed by atoms with Gasteiger partial charge in [0.05, 0.1) is 0 Å². The first kappa shape index (κ1) is 11.5. The Bertz CT molecular complexity index is 456. The monoisotopic (exact) mass is 245 g/mol. The Morgan fingerprint density at radius 1 is 1.44 bits per heavy atom. The molecule has 18 heavy (non-hydrogen) atoms. The minimum absolute atomic E-state index is 0.272. The van der Waals surface area contributed by atoms with Gasteiger partial charge in [-0.25, -0.2) is 4.98 Å². The highest BCUT2D eigenvalue weighted by Gasteiger charge is 2.20. The quantitative estimate of drug-likeness (QED) is 0.844. The molecule has 1 aromatic rings. The molecule has 2 aliphatic rings. The predicted octanol–water partition coefficient (Wildman–Crippen LogP) is 1.49. The van der Waals surface area contributed by atoms with Gasteiger partial charge >= 0.3 is 0 Å². The molecular weight excluding hydrogens is 226 g/mol. The number of nitrogens with zero attached hydrogens (tertiary/aromatic N) is 3. The number of nitrogens with two attached hydrogens (primary N) is 1. The van der Waals surface area contributed by atoms with Crippen LogP contribution in [-0.4, -0.2) is 29.1 Å². The zero-order valence-electron chi connectivity index (χ0n) is 10.5. The van der Waals surface area contributed by atoms with Crippen molar-refractivity contribution in [1.82, 2.24) is 9.97 Å². The Hall–Kier alpha value is -1.62. The SMILES string of the molecule is N[C@@H]1CCN(c2ccnc(NC3=CCCC3)n2)C1. The molecule has 3 rings (SSSR count). The Morgan fingerprint density at radius 3 is 3.11 bits per heavy atom. The van der Waals surface area contributed by atoms with Crippen LogP contribution in [0.25, 0.3) is 0 Å². The van der Waals surface area contributed by atoms with Crippen molar-refractivity contribution >= 4 is 11.8 Å². The maximum absolute atomic E-state index is 5.92. The molecule has 0 saturated carbocycles. The van der Waals surface area contributed by atoms with Gasteiger partial charge in [-0.05, 0) is 31.7 Å².